The van der Waals surface area contributed by atoms with Gasteiger partial charge in [0.25, 0.3) is 0 Å². The van der Waals surface area contributed by atoms with E-state index in [4.69, 9.17) is 5.11 Å². The molecule has 0 atom stereocenters. The van der Waals surface area contributed by atoms with Gasteiger partial charge in [-0.15, -0.1) is 0 Å². The van der Waals surface area contributed by atoms with Crippen molar-refractivity contribution in [3.63, 3.8) is 0 Å². The van der Waals surface area contributed by atoms with Crippen LogP contribution in [0.3, 0.4) is 0 Å². The molecule has 7 heteroatoms. The second kappa shape index (κ2) is 6.60. The zero-order chi connectivity index (χ0) is 19.9. The molecule has 7 nitrogen and oxygen atoms in total. The predicted octanol–water partition coefficient (Wildman–Crippen LogP) is 1.96. The zero-order valence-corrected chi connectivity index (χ0v) is 14.2. The molecular weight excluding hydrogens is 352 g/mol. The van der Waals surface area contributed by atoms with Gasteiger partial charge < -0.3 is 10.2 Å². The molecular formula is C20H14O7. The van der Waals surface area contributed by atoms with Gasteiger partial charge in [-0.05, 0) is 18.6 Å². The summed E-state index contributed by atoms with van der Waals surface area (Å²) in [6.07, 6.45) is -1.21. The van der Waals surface area contributed by atoms with Crippen molar-refractivity contribution in [3.05, 3.63) is 63.7 Å². The first-order chi connectivity index (χ1) is 12.7. The molecule has 3 rings (SSSR count). The Morgan fingerprint density at radius 2 is 1.56 bits per heavy atom. The highest BCUT2D eigenvalue weighted by Crippen LogP contribution is 2.37. The molecule has 0 unspecified atom stereocenters. The number of benzene rings is 2. The Morgan fingerprint density at radius 1 is 0.963 bits per heavy atom. The average Bonchev–Trinajstić information content (AvgIpc) is 2.58. The normalized spacial score (nSPS) is 12.3. The minimum Gasteiger partial charge on any atom is -0.506 e. The first kappa shape index (κ1) is 18.2. The van der Waals surface area contributed by atoms with Gasteiger partial charge in [-0.3, -0.25) is 24.0 Å². The number of phenols is 1. The van der Waals surface area contributed by atoms with E-state index in [2.05, 4.69) is 0 Å². The molecule has 136 valence electrons. The molecule has 1 aliphatic carbocycles. The lowest BCUT2D eigenvalue weighted by atomic mass is 9.80. The standard InChI is InChI=1S/C20H14O7/c1-9(21)6-14(22)16-10(8-15(23)24)7-13-17(20(16)27)19(26)12-5-3-2-4-11(12)18(13)25/h2-5,7,27H,6,8H2,1H3,(H,23,24). The summed E-state index contributed by atoms with van der Waals surface area (Å²) < 4.78 is 0. The van der Waals surface area contributed by atoms with Crippen molar-refractivity contribution in [2.75, 3.05) is 0 Å². The highest BCUT2D eigenvalue weighted by Gasteiger charge is 2.35. The highest BCUT2D eigenvalue weighted by atomic mass is 16.4. The molecule has 0 radical (unpaired) electrons. The third-order valence-corrected chi connectivity index (χ3v) is 4.30. The Labute approximate surface area is 153 Å². The van der Waals surface area contributed by atoms with Crippen molar-refractivity contribution in [2.45, 2.75) is 19.8 Å². The average molecular weight is 366 g/mol. The quantitative estimate of drug-likeness (QED) is 0.522. The summed E-state index contributed by atoms with van der Waals surface area (Å²) in [7, 11) is 0. The van der Waals surface area contributed by atoms with Crippen LogP contribution in [0.1, 0.15) is 61.1 Å². The number of carbonyl (C=O) groups excluding carboxylic acids is 4. The molecule has 0 spiro atoms. The maximum Gasteiger partial charge on any atom is 0.307 e. The number of rotatable bonds is 5. The number of Topliss-reactive ketones (excluding diaryl/α,β-unsaturated/α-hetero) is 2. The minimum atomic E-state index is -1.29. The predicted molar refractivity (Wildman–Crippen MR) is 92.4 cm³/mol. The van der Waals surface area contributed by atoms with E-state index in [1.54, 1.807) is 12.1 Å². The molecule has 2 aromatic carbocycles. The van der Waals surface area contributed by atoms with Gasteiger partial charge in [0, 0.05) is 16.7 Å². The van der Waals surface area contributed by atoms with Crippen molar-refractivity contribution in [1.29, 1.82) is 0 Å². The molecule has 2 aromatic rings. The molecule has 2 N–H and O–H groups in total. The van der Waals surface area contributed by atoms with Crippen LogP contribution in [0.2, 0.25) is 0 Å². The van der Waals surface area contributed by atoms with Crippen LogP contribution < -0.4 is 0 Å². The lowest BCUT2D eigenvalue weighted by Crippen LogP contribution is -2.23. The van der Waals surface area contributed by atoms with E-state index in [1.807, 2.05) is 0 Å². The minimum absolute atomic E-state index is 0.0845. The van der Waals surface area contributed by atoms with Gasteiger partial charge in [-0.1, -0.05) is 24.3 Å². The van der Waals surface area contributed by atoms with Crippen LogP contribution >= 0.6 is 0 Å². The van der Waals surface area contributed by atoms with Crippen LogP contribution in [0.15, 0.2) is 30.3 Å². The van der Waals surface area contributed by atoms with Crippen LogP contribution in [0.4, 0.5) is 0 Å². The van der Waals surface area contributed by atoms with Gasteiger partial charge in [-0.2, -0.15) is 0 Å². The van der Waals surface area contributed by atoms with Gasteiger partial charge in [0.05, 0.1) is 24.0 Å². The third kappa shape index (κ3) is 3.03. The molecule has 0 fully saturated rings. The molecule has 0 saturated heterocycles. The number of carbonyl (C=O) groups is 5. The number of phenolic OH excluding ortho intramolecular Hbond substituents is 1. The van der Waals surface area contributed by atoms with Crippen LogP contribution in [0.5, 0.6) is 5.75 Å². The Morgan fingerprint density at radius 3 is 2.11 bits per heavy atom. The number of ketones is 4. The van der Waals surface area contributed by atoms with Crippen LogP contribution in [0.25, 0.3) is 0 Å². The summed E-state index contributed by atoms with van der Waals surface area (Å²) in [4.78, 5) is 60.5. The fourth-order valence-corrected chi connectivity index (χ4v) is 3.22. The van der Waals surface area contributed by atoms with Gasteiger partial charge in [0.2, 0.25) is 0 Å². The second-order valence-corrected chi connectivity index (χ2v) is 6.26. The number of carboxylic acids is 1. The first-order valence-corrected chi connectivity index (χ1v) is 8.04. The van der Waals surface area contributed by atoms with Crippen molar-refractivity contribution < 1.29 is 34.2 Å². The third-order valence-electron chi connectivity index (χ3n) is 4.30. The van der Waals surface area contributed by atoms with Gasteiger partial charge in [0.15, 0.2) is 17.3 Å². The highest BCUT2D eigenvalue weighted by molar-refractivity contribution is 6.30. The molecule has 0 heterocycles. The van der Waals surface area contributed by atoms with E-state index in [9.17, 15) is 29.1 Å². The largest absolute Gasteiger partial charge is 0.506 e. The fraction of sp³-hybridized carbons (Fsp3) is 0.150. The Hall–Kier alpha value is -3.61. The fourth-order valence-electron chi connectivity index (χ4n) is 3.22. The van der Waals surface area contributed by atoms with Crippen LogP contribution in [-0.4, -0.2) is 39.3 Å². The number of carboxylic acid groups (broad SMARTS) is 1. The van der Waals surface area contributed by atoms with E-state index < -0.39 is 53.3 Å². The van der Waals surface area contributed by atoms with E-state index >= 15 is 0 Å². The molecule has 1 aliphatic rings. The molecule has 0 saturated carbocycles. The summed E-state index contributed by atoms with van der Waals surface area (Å²) in [5.41, 5.74) is -0.816. The molecule has 27 heavy (non-hydrogen) atoms. The topological polar surface area (TPSA) is 126 Å². The summed E-state index contributed by atoms with van der Waals surface area (Å²) in [6, 6.07) is 7.18. The summed E-state index contributed by atoms with van der Waals surface area (Å²) in [5, 5.41) is 19.7. The van der Waals surface area contributed by atoms with Crippen molar-refractivity contribution in [2.24, 2.45) is 0 Å². The van der Waals surface area contributed by atoms with Crippen molar-refractivity contribution in [3.8, 4) is 5.75 Å². The number of hydrogen-bond donors (Lipinski definition) is 2. The zero-order valence-electron chi connectivity index (χ0n) is 14.2. The smallest absolute Gasteiger partial charge is 0.307 e. The van der Waals surface area contributed by atoms with Crippen LogP contribution in [0, 0.1) is 0 Å². The van der Waals surface area contributed by atoms with Gasteiger partial charge >= 0.3 is 5.97 Å². The van der Waals surface area contributed by atoms with Crippen LogP contribution in [-0.2, 0) is 16.0 Å². The first-order valence-electron chi connectivity index (χ1n) is 8.04. The molecule has 0 aliphatic heterocycles. The lowest BCUT2D eigenvalue weighted by molar-refractivity contribution is -0.136. The number of fused-ring (bicyclic) bond motifs is 2. The maximum atomic E-state index is 12.8. The summed E-state index contributed by atoms with van der Waals surface area (Å²) in [6.45, 7) is 1.18. The summed E-state index contributed by atoms with van der Waals surface area (Å²) in [5.74, 6) is -4.53. The number of hydrogen-bond acceptors (Lipinski definition) is 6. The van der Waals surface area contributed by atoms with E-state index in [0.717, 1.165) is 6.07 Å². The second-order valence-electron chi connectivity index (χ2n) is 6.26. The Kier molecular flexibility index (Phi) is 4.45. The summed E-state index contributed by atoms with van der Waals surface area (Å²) >= 11 is 0. The molecule has 0 aromatic heterocycles. The monoisotopic (exact) mass is 366 g/mol. The van der Waals surface area contributed by atoms with Crippen molar-refractivity contribution >= 4 is 29.1 Å². The van der Waals surface area contributed by atoms with E-state index in [1.165, 1.54) is 19.1 Å². The maximum absolute atomic E-state index is 12.8. The van der Waals surface area contributed by atoms with Crippen molar-refractivity contribution in [1.82, 2.24) is 0 Å². The van der Waals surface area contributed by atoms with Gasteiger partial charge in [-0.25, -0.2) is 0 Å². The molecule has 0 bridgehead atoms. The number of aromatic hydroxyl groups is 1. The Bertz CT molecular complexity index is 1050. The SMILES string of the molecule is CC(=O)CC(=O)c1c(CC(=O)O)cc2c(c1O)C(=O)c1ccccc1C2=O. The van der Waals surface area contributed by atoms with E-state index in [0.29, 0.717) is 0 Å². The lowest BCUT2D eigenvalue weighted by Gasteiger charge is -2.21. The van der Waals surface area contributed by atoms with E-state index in [-0.39, 0.29) is 27.8 Å². The molecule has 0 amide bonds. The Balaban J connectivity index is 2.30. The van der Waals surface area contributed by atoms with Gasteiger partial charge in [0.1, 0.15) is 11.5 Å². The number of aliphatic carboxylic acids is 1.